The Morgan fingerprint density at radius 3 is 2.71 bits per heavy atom. The van der Waals surface area contributed by atoms with Crippen molar-refractivity contribution in [3.8, 4) is 11.8 Å². The number of nitrogens with zero attached hydrogens (tertiary/aromatic N) is 4. The highest BCUT2D eigenvalue weighted by Crippen LogP contribution is 2.23. The molecule has 1 saturated heterocycles. The van der Waals surface area contributed by atoms with Gasteiger partial charge in [-0.1, -0.05) is 6.07 Å². The molecule has 0 saturated carbocycles. The summed E-state index contributed by atoms with van der Waals surface area (Å²) in [5.41, 5.74) is 2.42. The first-order valence-electron chi connectivity index (χ1n) is 8.04. The molecule has 0 N–H and O–H groups in total. The molecule has 24 heavy (non-hydrogen) atoms. The van der Waals surface area contributed by atoms with E-state index in [0.717, 1.165) is 31.3 Å². The van der Waals surface area contributed by atoms with E-state index in [0.29, 0.717) is 22.6 Å². The minimum absolute atomic E-state index is 0.0850. The van der Waals surface area contributed by atoms with Crippen molar-refractivity contribution in [2.75, 3.05) is 18.0 Å². The molecule has 118 valence electrons. The standard InChI is InChI=1S/C19H16N4O/c20-13-14-5-3-7-16(11-14)23-18-15(6-4-8-21-18)12-17(19(23)24)22-9-1-2-10-22/h3-8,11-12H,1-2,9-10H2. The molecular formula is C19H16N4O. The third kappa shape index (κ3) is 2.33. The van der Waals surface area contributed by atoms with E-state index < -0.39 is 0 Å². The molecule has 1 fully saturated rings. The van der Waals surface area contributed by atoms with Crippen LogP contribution in [0.15, 0.2) is 53.5 Å². The van der Waals surface area contributed by atoms with Gasteiger partial charge in [-0.15, -0.1) is 0 Å². The maximum absolute atomic E-state index is 13.2. The molecule has 0 unspecified atom stereocenters. The molecule has 0 radical (unpaired) electrons. The fourth-order valence-electron chi connectivity index (χ4n) is 3.27. The normalized spacial score (nSPS) is 14.0. The minimum Gasteiger partial charge on any atom is -0.367 e. The van der Waals surface area contributed by atoms with Crippen LogP contribution in [0.3, 0.4) is 0 Å². The predicted octanol–water partition coefficient (Wildman–Crippen LogP) is 2.86. The lowest BCUT2D eigenvalue weighted by Gasteiger charge is -2.19. The second kappa shape index (κ2) is 5.82. The molecule has 4 rings (SSSR count). The van der Waals surface area contributed by atoms with Crippen molar-refractivity contribution in [3.63, 3.8) is 0 Å². The Kier molecular flexibility index (Phi) is 3.51. The molecule has 0 aliphatic carbocycles. The summed E-state index contributed by atoms with van der Waals surface area (Å²) >= 11 is 0. The monoisotopic (exact) mass is 316 g/mol. The maximum Gasteiger partial charge on any atom is 0.280 e. The van der Waals surface area contributed by atoms with Gasteiger partial charge in [-0.25, -0.2) is 4.98 Å². The van der Waals surface area contributed by atoms with Crippen LogP contribution in [0.1, 0.15) is 18.4 Å². The first kappa shape index (κ1) is 14.5. The van der Waals surface area contributed by atoms with Gasteiger partial charge in [0.05, 0.1) is 17.3 Å². The Morgan fingerprint density at radius 2 is 1.92 bits per heavy atom. The van der Waals surface area contributed by atoms with Gasteiger partial charge in [0.15, 0.2) is 0 Å². The van der Waals surface area contributed by atoms with Crippen molar-refractivity contribution in [2.24, 2.45) is 0 Å². The molecule has 0 atom stereocenters. The first-order valence-corrected chi connectivity index (χ1v) is 8.04. The van der Waals surface area contributed by atoms with E-state index in [9.17, 15) is 4.79 Å². The molecule has 3 aromatic rings. The van der Waals surface area contributed by atoms with E-state index in [2.05, 4.69) is 16.0 Å². The number of pyridine rings is 2. The highest BCUT2D eigenvalue weighted by molar-refractivity contribution is 5.80. The summed E-state index contributed by atoms with van der Waals surface area (Å²) in [5, 5.41) is 10.1. The second-order valence-electron chi connectivity index (χ2n) is 5.94. The Labute approximate surface area is 139 Å². The van der Waals surface area contributed by atoms with Gasteiger partial charge in [0.2, 0.25) is 0 Å². The van der Waals surface area contributed by atoms with Crippen molar-refractivity contribution in [3.05, 3.63) is 64.6 Å². The average Bonchev–Trinajstić information content (AvgIpc) is 3.15. The third-order valence-electron chi connectivity index (χ3n) is 4.42. The van der Waals surface area contributed by atoms with E-state index in [1.807, 2.05) is 24.3 Å². The van der Waals surface area contributed by atoms with Crippen molar-refractivity contribution >= 4 is 16.7 Å². The summed E-state index contributed by atoms with van der Waals surface area (Å²) in [4.78, 5) is 19.7. The fourth-order valence-corrected chi connectivity index (χ4v) is 3.27. The van der Waals surface area contributed by atoms with Gasteiger partial charge >= 0.3 is 0 Å². The topological polar surface area (TPSA) is 61.9 Å². The van der Waals surface area contributed by atoms with E-state index in [-0.39, 0.29) is 5.56 Å². The number of rotatable bonds is 2. The highest BCUT2D eigenvalue weighted by Gasteiger charge is 2.19. The number of aromatic nitrogens is 2. The summed E-state index contributed by atoms with van der Waals surface area (Å²) in [6.45, 7) is 1.80. The molecule has 0 amide bonds. The van der Waals surface area contributed by atoms with Crippen molar-refractivity contribution in [2.45, 2.75) is 12.8 Å². The Balaban J connectivity index is 2.03. The van der Waals surface area contributed by atoms with Crippen LogP contribution in [0.2, 0.25) is 0 Å². The summed E-state index contributed by atoms with van der Waals surface area (Å²) in [5.74, 6) is 0. The summed E-state index contributed by atoms with van der Waals surface area (Å²) in [7, 11) is 0. The Morgan fingerprint density at radius 1 is 1.08 bits per heavy atom. The number of anilines is 1. The third-order valence-corrected chi connectivity index (χ3v) is 4.42. The van der Waals surface area contributed by atoms with Gasteiger partial charge in [0, 0.05) is 24.7 Å². The van der Waals surface area contributed by atoms with Crippen LogP contribution < -0.4 is 10.5 Å². The maximum atomic E-state index is 13.2. The summed E-state index contributed by atoms with van der Waals surface area (Å²) < 4.78 is 1.61. The molecule has 1 aliphatic rings. The number of fused-ring (bicyclic) bond motifs is 1. The molecule has 1 aromatic carbocycles. The van der Waals surface area contributed by atoms with Crippen LogP contribution in [-0.4, -0.2) is 22.6 Å². The minimum atomic E-state index is -0.0850. The van der Waals surface area contributed by atoms with Gasteiger partial charge in [-0.05, 0) is 49.2 Å². The largest absolute Gasteiger partial charge is 0.367 e. The smallest absolute Gasteiger partial charge is 0.280 e. The fraction of sp³-hybridized carbons (Fsp3) is 0.211. The summed E-state index contributed by atoms with van der Waals surface area (Å²) in [6.07, 6.45) is 3.89. The highest BCUT2D eigenvalue weighted by atomic mass is 16.1. The number of hydrogen-bond donors (Lipinski definition) is 0. The average molecular weight is 316 g/mol. The van der Waals surface area contributed by atoms with Gasteiger partial charge in [0.1, 0.15) is 11.3 Å². The number of hydrogen-bond acceptors (Lipinski definition) is 4. The van der Waals surface area contributed by atoms with E-state index >= 15 is 0 Å². The zero-order chi connectivity index (χ0) is 16.5. The van der Waals surface area contributed by atoms with Crippen molar-refractivity contribution in [1.82, 2.24) is 9.55 Å². The molecule has 3 heterocycles. The zero-order valence-electron chi connectivity index (χ0n) is 13.1. The molecule has 5 heteroatoms. The van der Waals surface area contributed by atoms with Crippen LogP contribution in [0, 0.1) is 11.3 Å². The van der Waals surface area contributed by atoms with Crippen molar-refractivity contribution < 1.29 is 0 Å². The van der Waals surface area contributed by atoms with Crippen LogP contribution in [0.25, 0.3) is 16.7 Å². The SMILES string of the molecule is N#Cc1cccc(-n2c(=O)c(N3CCCC3)cc3cccnc32)c1. The molecule has 1 aliphatic heterocycles. The second-order valence-corrected chi connectivity index (χ2v) is 5.94. The van der Waals surface area contributed by atoms with E-state index in [4.69, 9.17) is 5.26 Å². The number of nitriles is 1. The Bertz CT molecular complexity index is 1010. The molecule has 5 nitrogen and oxygen atoms in total. The Hall–Kier alpha value is -3.13. The van der Waals surface area contributed by atoms with Crippen LogP contribution in [0.4, 0.5) is 5.69 Å². The van der Waals surface area contributed by atoms with Gasteiger partial charge in [-0.3, -0.25) is 9.36 Å². The van der Waals surface area contributed by atoms with Crippen LogP contribution >= 0.6 is 0 Å². The lowest BCUT2D eigenvalue weighted by atomic mass is 10.2. The lowest BCUT2D eigenvalue weighted by Crippen LogP contribution is -2.30. The van der Waals surface area contributed by atoms with E-state index in [1.54, 1.807) is 29.0 Å². The lowest BCUT2D eigenvalue weighted by molar-refractivity contribution is 0.924. The predicted molar refractivity (Wildman–Crippen MR) is 93.5 cm³/mol. The van der Waals surface area contributed by atoms with Gasteiger partial charge < -0.3 is 4.90 Å². The number of benzene rings is 1. The molecule has 0 bridgehead atoms. The van der Waals surface area contributed by atoms with Crippen LogP contribution in [-0.2, 0) is 0 Å². The quantitative estimate of drug-likeness (QED) is 0.729. The van der Waals surface area contributed by atoms with Gasteiger partial charge in [-0.2, -0.15) is 5.26 Å². The van der Waals surface area contributed by atoms with E-state index in [1.165, 1.54) is 0 Å². The van der Waals surface area contributed by atoms with Crippen molar-refractivity contribution in [1.29, 1.82) is 5.26 Å². The first-order chi connectivity index (χ1) is 11.8. The zero-order valence-corrected chi connectivity index (χ0v) is 13.1. The van der Waals surface area contributed by atoms with Crippen LogP contribution in [0.5, 0.6) is 0 Å². The summed E-state index contributed by atoms with van der Waals surface area (Å²) in [6, 6.07) is 15.0. The van der Waals surface area contributed by atoms with Gasteiger partial charge in [0.25, 0.3) is 5.56 Å². The molecular weight excluding hydrogens is 300 g/mol. The molecule has 0 spiro atoms. The molecule has 2 aromatic heterocycles.